The van der Waals surface area contributed by atoms with E-state index in [1.165, 1.54) is 38.5 Å². The summed E-state index contributed by atoms with van der Waals surface area (Å²) in [5.41, 5.74) is 0. The van der Waals surface area contributed by atoms with Gasteiger partial charge in [-0.15, -0.1) is 0 Å². The zero-order valence-corrected chi connectivity index (χ0v) is 35.0. The fourth-order valence-corrected chi connectivity index (χ4v) is 5.85. The number of unbranched alkanes of at least 4 members (excludes halogenated alkanes) is 9. The standard InChI is InChI=1S/C47H76O10/c1-3-5-7-9-11-13-15-17-18-19-20-21-22-24-25-27-29-31-33-35-42(49)54-38-40(39-55-47-46(53)45(52)44(51)41(37-48)57-47)56-43(50)36-34-32-30-28-26-23-16-14-12-10-8-6-4-2/h5,7,11,13,17-18,20-21,23-26,30,32,40-41,44-48,51-53H,3-4,6,8-10,12,14-16,19,22,27-29,31,33-39H2,1-2H3/b7-5+,13-11+,18-17+,21-20+,25-24+,26-23+,32-30+/t40?,41-,44+,45?,46?,47-/m0/s1. The number of carbonyl (C=O) groups excluding carboxylic acids is 2. The van der Waals surface area contributed by atoms with Gasteiger partial charge in [0.1, 0.15) is 31.0 Å². The van der Waals surface area contributed by atoms with Crippen LogP contribution in [0.15, 0.2) is 85.1 Å². The maximum atomic E-state index is 12.7. The average Bonchev–Trinajstić information content (AvgIpc) is 3.21. The number of hydrogen-bond donors (Lipinski definition) is 4. The molecule has 1 fully saturated rings. The molecule has 324 valence electrons. The SMILES string of the molecule is CC/C=C/C/C=C/C/C=C/C/C=C/C/C=C/CCCCCC(=O)OCC(CO[C@H]1O[C@@H](CO)[C@@H](O)C(O)C1O)OC(=O)CC/C=C/C/C=C/CCCCCCCC. The van der Waals surface area contributed by atoms with Gasteiger partial charge < -0.3 is 39.4 Å². The Balaban J connectivity index is 2.41. The van der Waals surface area contributed by atoms with Gasteiger partial charge in [0.15, 0.2) is 12.4 Å². The number of allylic oxidation sites excluding steroid dienone is 14. The molecule has 0 aromatic heterocycles. The van der Waals surface area contributed by atoms with E-state index in [-0.39, 0.29) is 26.1 Å². The highest BCUT2D eigenvalue weighted by Gasteiger charge is 2.44. The summed E-state index contributed by atoms with van der Waals surface area (Å²) in [6, 6.07) is 0. The average molecular weight is 801 g/mol. The zero-order chi connectivity index (χ0) is 41.6. The first-order valence-electron chi connectivity index (χ1n) is 21.7. The van der Waals surface area contributed by atoms with E-state index in [1.54, 1.807) is 0 Å². The van der Waals surface area contributed by atoms with E-state index in [0.717, 1.165) is 64.2 Å². The Hall–Kier alpha value is -3.12. The van der Waals surface area contributed by atoms with Gasteiger partial charge in [-0.1, -0.05) is 137 Å². The number of aliphatic hydroxyl groups is 4. The lowest BCUT2D eigenvalue weighted by atomic mass is 9.99. The highest BCUT2D eigenvalue weighted by atomic mass is 16.7. The van der Waals surface area contributed by atoms with Gasteiger partial charge in [0, 0.05) is 12.8 Å². The number of hydrogen-bond acceptors (Lipinski definition) is 10. The second kappa shape index (κ2) is 37.2. The van der Waals surface area contributed by atoms with Crippen molar-refractivity contribution in [1.29, 1.82) is 0 Å². The molecule has 4 N–H and O–H groups in total. The van der Waals surface area contributed by atoms with Gasteiger partial charge in [0.25, 0.3) is 0 Å². The minimum atomic E-state index is -1.61. The topological polar surface area (TPSA) is 152 Å². The Bertz CT molecular complexity index is 1200. The van der Waals surface area contributed by atoms with Crippen LogP contribution in [0.4, 0.5) is 0 Å². The predicted octanol–water partition coefficient (Wildman–Crippen LogP) is 8.99. The van der Waals surface area contributed by atoms with E-state index in [1.807, 2.05) is 12.2 Å². The molecule has 1 aliphatic rings. The second-order valence-electron chi connectivity index (χ2n) is 14.4. The Morgan fingerprint density at radius 2 is 1.07 bits per heavy atom. The molecule has 0 aromatic rings. The molecule has 0 aliphatic carbocycles. The van der Waals surface area contributed by atoms with Gasteiger partial charge in [-0.25, -0.2) is 0 Å². The number of carbonyl (C=O) groups is 2. The Kier molecular flexibility index (Phi) is 33.8. The molecular weight excluding hydrogens is 725 g/mol. The Morgan fingerprint density at radius 3 is 1.63 bits per heavy atom. The molecular formula is C47H76O10. The van der Waals surface area contributed by atoms with Crippen LogP contribution in [0.25, 0.3) is 0 Å². The van der Waals surface area contributed by atoms with E-state index in [4.69, 9.17) is 18.9 Å². The van der Waals surface area contributed by atoms with Crippen molar-refractivity contribution in [3.8, 4) is 0 Å². The molecule has 0 radical (unpaired) electrons. The van der Waals surface area contributed by atoms with Crippen molar-refractivity contribution in [3.05, 3.63) is 85.1 Å². The number of rotatable bonds is 34. The van der Waals surface area contributed by atoms with Crippen LogP contribution in [0.1, 0.15) is 142 Å². The third kappa shape index (κ3) is 28.9. The molecule has 3 unspecified atom stereocenters. The molecule has 10 nitrogen and oxygen atoms in total. The molecule has 0 amide bonds. The van der Waals surface area contributed by atoms with Crippen LogP contribution in [0.2, 0.25) is 0 Å². The summed E-state index contributed by atoms with van der Waals surface area (Å²) in [7, 11) is 0. The lowest BCUT2D eigenvalue weighted by Gasteiger charge is -2.39. The van der Waals surface area contributed by atoms with E-state index < -0.39 is 55.4 Å². The molecule has 6 atom stereocenters. The first-order chi connectivity index (χ1) is 27.8. The number of esters is 2. The molecule has 57 heavy (non-hydrogen) atoms. The van der Waals surface area contributed by atoms with Crippen LogP contribution < -0.4 is 0 Å². The summed E-state index contributed by atoms with van der Waals surface area (Å²) in [5.74, 6) is -0.932. The van der Waals surface area contributed by atoms with Crippen molar-refractivity contribution in [2.75, 3.05) is 19.8 Å². The van der Waals surface area contributed by atoms with Gasteiger partial charge in [-0.2, -0.15) is 0 Å². The van der Waals surface area contributed by atoms with Gasteiger partial charge >= 0.3 is 11.9 Å². The van der Waals surface area contributed by atoms with Crippen LogP contribution in [0.3, 0.4) is 0 Å². The summed E-state index contributed by atoms with van der Waals surface area (Å²) < 4.78 is 22.0. The molecule has 1 aliphatic heterocycles. The third-order valence-electron chi connectivity index (χ3n) is 9.28. The molecule has 1 heterocycles. The molecule has 0 bridgehead atoms. The van der Waals surface area contributed by atoms with Crippen LogP contribution in [-0.4, -0.2) is 89.0 Å². The van der Waals surface area contributed by atoms with Gasteiger partial charge in [0.2, 0.25) is 0 Å². The molecule has 0 spiro atoms. The van der Waals surface area contributed by atoms with Gasteiger partial charge in [0.05, 0.1) is 13.2 Å². The zero-order valence-electron chi connectivity index (χ0n) is 35.0. The molecule has 10 heteroatoms. The fraction of sp³-hybridized carbons (Fsp3) is 0.660. The molecule has 0 saturated carbocycles. The van der Waals surface area contributed by atoms with Crippen LogP contribution >= 0.6 is 0 Å². The Morgan fingerprint density at radius 1 is 0.561 bits per heavy atom. The Labute approximate surface area is 344 Å². The van der Waals surface area contributed by atoms with E-state index in [9.17, 15) is 30.0 Å². The van der Waals surface area contributed by atoms with E-state index in [0.29, 0.717) is 12.8 Å². The lowest BCUT2D eigenvalue weighted by molar-refractivity contribution is -0.305. The smallest absolute Gasteiger partial charge is 0.306 e. The fourth-order valence-electron chi connectivity index (χ4n) is 5.85. The molecule has 0 aromatic carbocycles. The number of aliphatic hydroxyl groups excluding tert-OH is 4. The van der Waals surface area contributed by atoms with Crippen LogP contribution in [-0.2, 0) is 28.5 Å². The maximum absolute atomic E-state index is 12.7. The summed E-state index contributed by atoms with van der Waals surface area (Å²) >= 11 is 0. The quantitative estimate of drug-likeness (QED) is 0.0282. The summed E-state index contributed by atoms with van der Waals surface area (Å²) in [4.78, 5) is 25.2. The predicted molar refractivity (Wildman–Crippen MR) is 228 cm³/mol. The minimum absolute atomic E-state index is 0.111. The van der Waals surface area contributed by atoms with Crippen LogP contribution in [0.5, 0.6) is 0 Å². The van der Waals surface area contributed by atoms with Crippen molar-refractivity contribution >= 4 is 11.9 Å². The van der Waals surface area contributed by atoms with Crippen molar-refractivity contribution in [2.24, 2.45) is 0 Å². The van der Waals surface area contributed by atoms with Gasteiger partial charge in [-0.3, -0.25) is 9.59 Å². The minimum Gasteiger partial charge on any atom is -0.462 e. The first kappa shape index (κ1) is 51.9. The van der Waals surface area contributed by atoms with Crippen molar-refractivity contribution in [2.45, 2.75) is 179 Å². The first-order valence-corrected chi connectivity index (χ1v) is 21.7. The maximum Gasteiger partial charge on any atom is 0.306 e. The van der Waals surface area contributed by atoms with E-state index in [2.05, 4.69) is 86.8 Å². The number of ether oxygens (including phenoxy) is 4. The highest BCUT2D eigenvalue weighted by Crippen LogP contribution is 2.22. The normalized spacial score (nSPS) is 21.1. The highest BCUT2D eigenvalue weighted by molar-refractivity contribution is 5.70. The summed E-state index contributed by atoms with van der Waals surface area (Å²) in [6.45, 7) is 3.18. The second-order valence-corrected chi connectivity index (χ2v) is 14.4. The van der Waals surface area contributed by atoms with E-state index >= 15 is 0 Å². The van der Waals surface area contributed by atoms with Crippen molar-refractivity contribution < 1.29 is 49.0 Å². The van der Waals surface area contributed by atoms with Gasteiger partial charge in [-0.05, 0) is 77.0 Å². The molecule has 1 saturated heterocycles. The monoisotopic (exact) mass is 801 g/mol. The summed E-state index contributed by atoms with van der Waals surface area (Å²) in [5, 5.41) is 40.0. The molecule has 1 rings (SSSR count). The van der Waals surface area contributed by atoms with Crippen molar-refractivity contribution in [1.82, 2.24) is 0 Å². The lowest BCUT2D eigenvalue weighted by Crippen LogP contribution is -2.59. The van der Waals surface area contributed by atoms with Crippen molar-refractivity contribution in [3.63, 3.8) is 0 Å². The third-order valence-corrected chi connectivity index (χ3v) is 9.28. The summed E-state index contributed by atoms with van der Waals surface area (Å²) in [6.07, 6.45) is 40.3. The largest absolute Gasteiger partial charge is 0.462 e. The van der Waals surface area contributed by atoms with Crippen LogP contribution in [0, 0.1) is 0 Å².